The van der Waals surface area contributed by atoms with Gasteiger partial charge in [0.25, 0.3) is 5.56 Å². The second kappa shape index (κ2) is 9.07. The minimum Gasteiger partial charge on any atom is -0.487 e. The van der Waals surface area contributed by atoms with Crippen molar-refractivity contribution >= 4 is 23.4 Å². The molecule has 0 unspecified atom stereocenters. The fraction of sp³-hybridized carbons (Fsp3) is 0.150. The van der Waals surface area contributed by atoms with Gasteiger partial charge in [-0.15, -0.1) is 0 Å². The van der Waals surface area contributed by atoms with Crippen molar-refractivity contribution < 1.29 is 22.3 Å². The highest BCUT2D eigenvalue weighted by Crippen LogP contribution is 2.25. The molecule has 4 nitrogen and oxygen atoms in total. The van der Waals surface area contributed by atoms with Gasteiger partial charge in [0.05, 0.1) is 0 Å². The Bertz CT molecular complexity index is 1130. The van der Waals surface area contributed by atoms with E-state index in [9.17, 15) is 22.4 Å². The van der Waals surface area contributed by atoms with Gasteiger partial charge in [-0.2, -0.15) is 0 Å². The van der Waals surface area contributed by atoms with E-state index in [-0.39, 0.29) is 30.0 Å². The van der Waals surface area contributed by atoms with E-state index in [0.717, 1.165) is 24.4 Å². The van der Waals surface area contributed by atoms with Crippen LogP contribution < -0.4 is 10.3 Å². The topological polar surface area (TPSA) is 34.5 Å². The summed E-state index contributed by atoms with van der Waals surface area (Å²) in [6, 6.07) is 6.25. The third-order valence-corrected chi connectivity index (χ3v) is 4.58. The van der Waals surface area contributed by atoms with Crippen molar-refractivity contribution in [1.29, 1.82) is 0 Å². The van der Waals surface area contributed by atoms with Gasteiger partial charge < -0.3 is 4.74 Å². The highest BCUT2D eigenvalue weighted by Gasteiger charge is 2.18. The van der Waals surface area contributed by atoms with Gasteiger partial charge in [0.2, 0.25) is 0 Å². The highest BCUT2D eigenvalue weighted by atomic mass is 35.5. The van der Waals surface area contributed by atoms with E-state index >= 15 is 0 Å². The molecule has 0 radical (unpaired) electrons. The Labute approximate surface area is 178 Å². The summed E-state index contributed by atoms with van der Waals surface area (Å²) >= 11 is 11.7. The molecule has 30 heavy (non-hydrogen) atoms. The first-order valence-corrected chi connectivity index (χ1v) is 9.22. The van der Waals surface area contributed by atoms with Crippen molar-refractivity contribution in [2.45, 2.75) is 13.2 Å². The Balaban J connectivity index is 1.91. The van der Waals surface area contributed by atoms with Gasteiger partial charge in [0.1, 0.15) is 34.7 Å². The van der Waals surface area contributed by atoms with E-state index < -0.39 is 39.5 Å². The average Bonchev–Trinajstić information content (AvgIpc) is 2.64. The van der Waals surface area contributed by atoms with Crippen molar-refractivity contribution in [1.82, 2.24) is 8.99 Å². The summed E-state index contributed by atoms with van der Waals surface area (Å²) in [5, 5.41) is -0.455. The molecule has 1 heterocycles. The largest absolute Gasteiger partial charge is 0.487 e. The van der Waals surface area contributed by atoms with E-state index in [1.165, 1.54) is 23.6 Å². The molecule has 0 aliphatic carbocycles. The minimum absolute atomic E-state index is 0.0357. The smallest absolute Gasteiger partial charge is 0.277 e. The standard InChI is InChI=1S/C20H14Cl2F4N2O2/c1-27(22)9-11-6-15(25)19(16(26)7-11)28-5-4-17(18(21)20(28)29)30-10-12-2-3-13(23)8-14(12)24/h2-8H,9-10H2,1H3. The first-order chi connectivity index (χ1) is 14.2. The number of ether oxygens (including phenoxy) is 1. The lowest BCUT2D eigenvalue weighted by molar-refractivity contribution is 0.298. The molecule has 3 rings (SSSR count). The fourth-order valence-corrected chi connectivity index (χ4v) is 3.11. The van der Waals surface area contributed by atoms with Gasteiger partial charge in [-0.1, -0.05) is 11.6 Å². The number of hydrogen-bond donors (Lipinski definition) is 0. The molecule has 0 aliphatic heterocycles. The SMILES string of the molecule is CN(Cl)Cc1cc(F)c(-n2ccc(OCc3ccc(F)cc3F)c(Cl)c2=O)c(F)c1. The predicted octanol–water partition coefficient (Wildman–Crippen LogP) is 5.21. The van der Waals surface area contributed by atoms with Crippen molar-refractivity contribution in [3.05, 3.63) is 92.4 Å². The zero-order chi connectivity index (χ0) is 22.0. The molecule has 0 bridgehead atoms. The maximum atomic E-state index is 14.5. The number of benzene rings is 2. The van der Waals surface area contributed by atoms with Crippen molar-refractivity contribution in [3.8, 4) is 11.4 Å². The van der Waals surface area contributed by atoms with Crippen molar-refractivity contribution in [2.75, 3.05) is 7.05 Å². The van der Waals surface area contributed by atoms with E-state index in [4.69, 9.17) is 28.1 Å². The summed E-state index contributed by atoms with van der Waals surface area (Å²) in [6.07, 6.45) is 1.08. The van der Waals surface area contributed by atoms with Crippen LogP contribution in [0.2, 0.25) is 5.02 Å². The first-order valence-electron chi connectivity index (χ1n) is 8.50. The molecule has 0 N–H and O–H groups in total. The molecular weight excluding hydrogens is 447 g/mol. The number of rotatable bonds is 6. The van der Waals surface area contributed by atoms with Gasteiger partial charge in [0, 0.05) is 31.4 Å². The zero-order valence-electron chi connectivity index (χ0n) is 15.4. The van der Waals surface area contributed by atoms with Crippen molar-refractivity contribution in [3.63, 3.8) is 0 Å². The molecule has 0 saturated carbocycles. The molecule has 1 aromatic heterocycles. The Morgan fingerprint density at radius 1 is 1.03 bits per heavy atom. The van der Waals surface area contributed by atoms with E-state index in [1.807, 2.05) is 0 Å². The molecule has 10 heteroatoms. The number of nitrogens with zero attached hydrogens (tertiary/aromatic N) is 2. The van der Waals surface area contributed by atoms with Crippen LogP contribution in [-0.4, -0.2) is 16.0 Å². The Morgan fingerprint density at radius 3 is 2.30 bits per heavy atom. The van der Waals surface area contributed by atoms with Crippen LogP contribution in [0.4, 0.5) is 17.6 Å². The molecular formula is C20H14Cl2F4N2O2. The summed E-state index contributed by atoms with van der Waals surface area (Å²) in [5.74, 6) is -3.66. The fourth-order valence-electron chi connectivity index (χ4n) is 2.77. The lowest BCUT2D eigenvalue weighted by Crippen LogP contribution is -2.21. The highest BCUT2D eigenvalue weighted by molar-refractivity contribution is 6.31. The second-order valence-corrected chi connectivity index (χ2v) is 7.32. The monoisotopic (exact) mass is 460 g/mol. The number of pyridine rings is 1. The second-order valence-electron chi connectivity index (χ2n) is 6.36. The summed E-state index contributed by atoms with van der Waals surface area (Å²) in [7, 11) is 1.52. The van der Waals surface area contributed by atoms with Crippen LogP contribution in [-0.2, 0) is 13.2 Å². The van der Waals surface area contributed by atoms with Crippen LogP contribution in [0.1, 0.15) is 11.1 Å². The third-order valence-electron chi connectivity index (χ3n) is 4.11. The molecule has 2 aromatic carbocycles. The van der Waals surface area contributed by atoms with Crippen LogP contribution >= 0.6 is 23.4 Å². The van der Waals surface area contributed by atoms with Gasteiger partial charge >= 0.3 is 0 Å². The lowest BCUT2D eigenvalue weighted by Gasteiger charge is -2.14. The summed E-state index contributed by atoms with van der Waals surface area (Å²) in [6.45, 7) is -0.253. The molecule has 0 fully saturated rings. The molecule has 0 saturated heterocycles. The van der Waals surface area contributed by atoms with Crippen LogP contribution in [0.15, 0.2) is 47.4 Å². The number of halogens is 6. The van der Waals surface area contributed by atoms with E-state index in [1.54, 1.807) is 0 Å². The van der Waals surface area contributed by atoms with Crippen LogP contribution in [0.25, 0.3) is 5.69 Å². The normalized spacial score (nSPS) is 11.2. The summed E-state index contributed by atoms with van der Waals surface area (Å²) < 4.78 is 62.9. The van der Waals surface area contributed by atoms with E-state index in [2.05, 4.69) is 0 Å². The van der Waals surface area contributed by atoms with Gasteiger partial charge in [0.15, 0.2) is 11.6 Å². The quantitative estimate of drug-likeness (QED) is 0.374. The predicted molar refractivity (Wildman–Crippen MR) is 105 cm³/mol. The molecule has 3 aromatic rings. The lowest BCUT2D eigenvalue weighted by atomic mass is 10.1. The number of aromatic nitrogens is 1. The Hall–Kier alpha value is -2.55. The maximum absolute atomic E-state index is 14.5. The van der Waals surface area contributed by atoms with Gasteiger partial charge in [-0.3, -0.25) is 9.36 Å². The summed E-state index contributed by atoms with van der Waals surface area (Å²) in [5.41, 5.74) is -1.24. The minimum atomic E-state index is -0.983. The Morgan fingerprint density at radius 2 is 1.70 bits per heavy atom. The van der Waals surface area contributed by atoms with Crippen molar-refractivity contribution in [2.24, 2.45) is 0 Å². The molecule has 0 atom stereocenters. The maximum Gasteiger partial charge on any atom is 0.277 e. The average molecular weight is 461 g/mol. The van der Waals surface area contributed by atoms with Crippen LogP contribution in [0, 0.1) is 23.3 Å². The Kier molecular flexibility index (Phi) is 6.70. The first kappa shape index (κ1) is 22.1. The van der Waals surface area contributed by atoms with E-state index in [0.29, 0.717) is 10.6 Å². The molecule has 0 amide bonds. The van der Waals surface area contributed by atoms with Crippen LogP contribution in [0.5, 0.6) is 5.75 Å². The number of hydrogen-bond acceptors (Lipinski definition) is 3. The van der Waals surface area contributed by atoms with Crippen LogP contribution in [0.3, 0.4) is 0 Å². The third kappa shape index (κ3) is 4.77. The van der Waals surface area contributed by atoms with Gasteiger partial charge in [-0.05, 0) is 47.7 Å². The molecule has 158 valence electrons. The summed E-state index contributed by atoms with van der Waals surface area (Å²) in [4.78, 5) is 12.5. The molecule has 0 aliphatic rings. The zero-order valence-corrected chi connectivity index (χ0v) is 16.9. The van der Waals surface area contributed by atoms with Gasteiger partial charge in [-0.25, -0.2) is 22.0 Å². The molecule has 0 spiro atoms.